The van der Waals surface area contributed by atoms with Crippen molar-refractivity contribution in [3.8, 4) is 0 Å². The van der Waals surface area contributed by atoms with Gasteiger partial charge in [-0.15, -0.1) is 0 Å². The number of carbonyl (C=O) groups is 2. The maximum Gasteiger partial charge on any atom is 0.244 e. The van der Waals surface area contributed by atoms with Crippen LogP contribution in [-0.2, 0) is 17.8 Å². The first kappa shape index (κ1) is 19.3. The van der Waals surface area contributed by atoms with Crippen molar-refractivity contribution < 1.29 is 9.59 Å². The van der Waals surface area contributed by atoms with E-state index in [2.05, 4.69) is 10.1 Å². The SMILES string of the molecule is CC(=O)c1c(C)nn(CC(=O)N2CCCC[C@@H]2CCc2ccccn2)c1C. The zero-order valence-corrected chi connectivity index (χ0v) is 16.4. The van der Waals surface area contributed by atoms with Gasteiger partial charge in [0.2, 0.25) is 5.91 Å². The monoisotopic (exact) mass is 368 g/mol. The first-order chi connectivity index (χ1) is 13.0. The Bertz CT molecular complexity index is 813. The van der Waals surface area contributed by atoms with Gasteiger partial charge in [-0.25, -0.2) is 0 Å². The summed E-state index contributed by atoms with van der Waals surface area (Å²) in [6, 6.07) is 6.21. The van der Waals surface area contributed by atoms with Crippen molar-refractivity contribution in [2.75, 3.05) is 6.54 Å². The van der Waals surface area contributed by atoms with Gasteiger partial charge in [0.25, 0.3) is 0 Å². The number of rotatable bonds is 6. The van der Waals surface area contributed by atoms with Crippen molar-refractivity contribution in [3.05, 3.63) is 47.0 Å². The predicted octanol–water partition coefficient (Wildman–Crippen LogP) is 3.11. The number of ketones is 1. The molecule has 3 heterocycles. The molecule has 1 aliphatic rings. The second-order valence-electron chi connectivity index (χ2n) is 7.36. The number of nitrogens with zero attached hydrogens (tertiary/aromatic N) is 4. The number of hydrogen-bond donors (Lipinski definition) is 0. The third-order valence-corrected chi connectivity index (χ3v) is 5.43. The molecule has 0 radical (unpaired) electrons. The minimum absolute atomic E-state index is 0.00471. The summed E-state index contributed by atoms with van der Waals surface area (Å²) in [4.78, 5) is 31.2. The summed E-state index contributed by atoms with van der Waals surface area (Å²) in [5, 5.41) is 4.42. The Labute approximate surface area is 160 Å². The highest BCUT2D eigenvalue weighted by atomic mass is 16.2. The van der Waals surface area contributed by atoms with E-state index in [9.17, 15) is 9.59 Å². The molecule has 1 atom stereocenters. The summed E-state index contributed by atoms with van der Waals surface area (Å²) in [5.41, 5.74) is 3.17. The number of carbonyl (C=O) groups excluding carboxylic acids is 2. The molecule has 1 amide bonds. The summed E-state index contributed by atoms with van der Waals surface area (Å²) in [7, 11) is 0. The summed E-state index contributed by atoms with van der Waals surface area (Å²) in [6.07, 6.45) is 6.86. The van der Waals surface area contributed by atoms with Crippen molar-refractivity contribution in [2.24, 2.45) is 0 Å². The second-order valence-corrected chi connectivity index (χ2v) is 7.36. The normalized spacial score (nSPS) is 17.1. The lowest BCUT2D eigenvalue weighted by Gasteiger charge is -2.36. The average Bonchev–Trinajstić information content (AvgIpc) is 2.94. The Balaban J connectivity index is 1.68. The topological polar surface area (TPSA) is 68.1 Å². The van der Waals surface area contributed by atoms with Crippen molar-refractivity contribution >= 4 is 11.7 Å². The fraction of sp³-hybridized carbons (Fsp3) is 0.524. The molecule has 6 nitrogen and oxygen atoms in total. The fourth-order valence-corrected chi connectivity index (χ4v) is 4.07. The van der Waals surface area contributed by atoms with Gasteiger partial charge < -0.3 is 4.90 Å². The van der Waals surface area contributed by atoms with Crippen molar-refractivity contribution in [1.29, 1.82) is 0 Å². The second kappa shape index (κ2) is 8.46. The lowest BCUT2D eigenvalue weighted by atomic mass is 9.97. The number of aromatic nitrogens is 3. The van der Waals surface area contributed by atoms with Crippen LogP contribution in [-0.4, -0.2) is 43.9 Å². The van der Waals surface area contributed by atoms with Crippen LogP contribution in [0.2, 0.25) is 0 Å². The number of pyridine rings is 1. The molecule has 1 aliphatic heterocycles. The first-order valence-corrected chi connectivity index (χ1v) is 9.71. The largest absolute Gasteiger partial charge is 0.338 e. The number of aryl methyl sites for hydroxylation is 2. The number of Topliss-reactive ketones (excluding diaryl/α,β-unsaturated/α-hetero) is 1. The van der Waals surface area contributed by atoms with Gasteiger partial charge in [0.1, 0.15) is 6.54 Å². The summed E-state index contributed by atoms with van der Waals surface area (Å²) in [5.74, 6) is 0.0799. The van der Waals surface area contributed by atoms with Gasteiger partial charge in [0.15, 0.2) is 5.78 Å². The van der Waals surface area contributed by atoms with Crippen molar-refractivity contribution in [3.63, 3.8) is 0 Å². The molecule has 0 unspecified atom stereocenters. The molecule has 0 saturated carbocycles. The van der Waals surface area contributed by atoms with E-state index in [4.69, 9.17) is 0 Å². The van der Waals surface area contributed by atoms with Crippen LogP contribution in [0.4, 0.5) is 0 Å². The highest BCUT2D eigenvalue weighted by molar-refractivity contribution is 5.96. The van der Waals surface area contributed by atoms with E-state index in [1.54, 1.807) is 11.6 Å². The molecule has 0 aliphatic carbocycles. The van der Waals surface area contributed by atoms with E-state index >= 15 is 0 Å². The van der Waals surface area contributed by atoms with Crippen LogP contribution in [0.25, 0.3) is 0 Å². The number of amides is 1. The van der Waals surface area contributed by atoms with Crippen LogP contribution in [0.1, 0.15) is 60.0 Å². The Morgan fingerprint density at radius 2 is 2.04 bits per heavy atom. The number of likely N-dealkylation sites (tertiary alicyclic amines) is 1. The fourth-order valence-electron chi connectivity index (χ4n) is 4.07. The van der Waals surface area contributed by atoms with Gasteiger partial charge in [0, 0.05) is 30.2 Å². The third kappa shape index (κ3) is 4.43. The molecule has 2 aromatic heterocycles. The highest BCUT2D eigenvalue weighted by Crippen LogP contribution is 2.22. The zero-order valence-electron chi connectivity index (χ0n) is 16.4. The molecule has 3 rings (SSSR count). The van der Waals surface area contributed by atoms with Gasteiger partial charge >= 0.3 is 0 Å². The highest BCUT2D eigenvalue weighted by Gasteiger charge is 2.27. The van der Waals surface area contributed by atoms with Crippen LogP contribution in [0.15, 0.2) is 24.4 Å². The lowest BCUT2D eigenvalue weighted by molar-refractivity contribution is -0.135. The zero-order chi connectivity index (χ0) is 19.4. The molecule has 0 N–H and O–H groups in total. The molecule has 0 spiro atoms. The van der Waals surface area contributed by atoms with Crippen molar-refractivity contribution in [2.45, 2.75) is 65.5 Å². The predicted molar refractivity (Wildman–Crippen MR) is 104 cm³/mol. The van der Waals surface area contributed by atoms with E-state index in [0.717, 1.165) is 50.0 Å². The maximum absolute atomic E-state index is 13.0. The number of piperidine rings is 1. The minimum atomic E-state index is -0.00471. The molecular weight excluding hydrogens is 340 g/mol. The van der Waals surface area contributed by atoms with E-state index < -0.39 is 0 Å². The van der Waals surface area contributed by atoms with Gasteiger partial charge in [0.05, 0.1) is 11.3 Å². The summed E-state index contributed by atoms with van der Waals surface area (Å²) >= 11 is 0. The Morgan fingerprint density at radius 3 is 2.70 bits per heavy atom. The Morgan fingerprint density at radius 1 is 1.22 bits per heavy atom. The minimum Gasteiger partial charge on any atom is -0.338 e. The van der Waals surface area contributed by atoms with Gasteiger partial charge in [-0.2, -0.15) is 5.10 Å². The van der Waals surface area contributed by atoms with Gasteiger partial charge in [-0.3, -0.25) is 19.3 Å². The third-order valence-electron chi connectivity index (χ3n) is 5.43. The Hall–Kier alpha value is -2.50. The van der Waals surface area contributed by atoms with Crippen LogP contribution in [0.3, 0.4) is 0 Å². The molecule has 1 fully saturated rings. The van der Waals surface area contributed by atoms with E-state index in [1.807, 2.05) is 43.1 Å². The molecule has 1 saturated heterocycles. The van der Waals surface area contributed by atoms with Crippen LogP contribution in [0.5, 0.6) is 0 Å². The van der Waals surface area contributed by atoms with Gasteiger partial charge in [-0.1, -0.05) is 6.07 Å². The standard InChI is InChI=1S/C21H28N4O2/c1-15-21(17(3)26)16(2)25(23-15)14-20(27)24-13-7-5-9-19(24)11-10-18-8-4-6-12-22-18/h4,6,8,12,19H,5,7,9-11,13-14H2,1-3H3/t19-/m1/s1. The Kier molecular flexibility index (Phi) is 6.04. The van der Waals surface area contributed by atoms with E-state index in [-0.39, 0.29) is 24.3 Å². The molecular formula is C21H28N4O2. The summed E-state index contributed by atoms with van der Waals surface area (Å²) < 4.78 is 1.68. The maximum atomic E-state index is 13.0. The smallest absolute Gasteiger partial charge is 0.244 e. The molecule has 2 aromatic rings. The molecule has 0 aromatic carbocycles. The molecule has 144 valence electrons. The van der Waals surface area contributed by atoms with Crippen LogP contribution >= 0.6 is 0 Å². The number of hydrogen-bond acceptors (Lipinski definition) is 4. The molecule has 27 heavy (non-hydrogen) atoms. The van der Waals surface area contributed by atoms with Crippen LogP contribution in [0, 0.1) is 13.8 Å². The average molecular weight is 368 g/mol. The quantitative estimate of drug-likeness (QED) is 0.735. The lowest BCUT2D eigenvalue weighted by Crippen LogP contribution is -2.45. The summed E-state index contributed by atoms with van der Waals surface area (Å²) in [6.45, 7) is 6.21. The molecule has 6 heteroatoms. The van der Waals surface area contributed by atoms with E-state index in [0.29, 0.717) is 11.3 Å². The van der Waals surface area contributed by atoms with E-state index in [1.165, 1.54) is 0 Å². The van der Waals surface area contributed by atoms with Gasteiger partial charge in [-0.05, 0) is 65.0 Å². The first-order valence-electron chi connectivity index (χ1n) is 9.71. The molecule has 0 bridgehead atoms. The van der Waals surface area contributed by atoms with Crippen LogP contribution < -0.4 is 0 Å². The van der Waals surface area contributed by atoms with Crippen molar-refractivity contribution in [1.82, 2.24) is 19.7 Å².